The van der Waals surface area contributed by atoms with Crippen molar-refractivity contribution in [3.8, 4) is 0 Å². The van der Waals surface area contributed by atoms with E-state index < -0.39 is 0 Å². The van der Waals surface area contributed by atoms with Gasteiger partial charge in [0.2, 0.25) is 0 Å². The predicted molar refractivity (Wildman–Crippen MR) is 97.1 cm³/mol. The Kier molecular flexibility index (Phi) is 7.69. The molecular weight excluding hydrogens is 310 g/mol. The lowest BCUT2D eigenvalue weighted by atomic mass is 9.96. The molecule has 0 aliphatic carbocycles. The van der Waals surface area contributed by atoms with E-state index in [1.165, 1.54) is 19.3 Å². The molecule has 1 fully saturated rings. The summed E-state index contributed by atoms with van der Waals surface area (Å²) in [5, 5.41) is 4.13. The van der Waals surface area contributed by atoms with Gasteiger partial charge in [-0.1, -0.05) is 23.7 Å². The Morgan fingerprint density at radius 2 is 2.17 bits per heavy atom. The SMILES string of the molecule is CCNC(=NCc1cccc(Cl)c1)N(C)CCC1CCOCC1. The number of guanidine groups is 1. The van der Waals surface area contributed by atoms with E-state index in [0.717, 1.165) is 48.8 Å². The zero-order valence-electron chi connectivity index (χ0n) is 14.2. The van der Waals surface area contributed by atoms with Gasteiger partial charge in [-0.2, -0.15) is 0 Å². The van der Waals surface area contributed by atoms with Crippen LogP contribution in [0.1, 0.15) is 31.7 Å². The lowest BCUT2D eigenvalue weighted by Gasteiger charge is -2.26. The minimum Gasteiger partial charge on any atom is -0.381 e. The molecule has 1 saturated heterocycles. The van der Waals surface area contributed by atoms with Crippen LogP contribution in [-0.2, 0) is 11.3 Å². The molecule has 0 spiro atoms. The molecule has 1 N–H and O–H groups in total. The Morgan fingerprint density at radius 1 is 1.39 bits per heavy atom. The van der Waals surface area contributed by atoms with Crippen LogP contribution in [0.3, 0.4) is 0 Å². The molecule has 128 valence electrons. The second kappa shape index (κ2) is 9.78. The van der Waals surface area contributed by atoms with E-state index in [4.69, 9.17) is 21.3 Å². The van der Waals surface area contributed by atoms with E-state index >= 15 is 0 Å². The molecule has 0 radical (unpaired) electrons. The summed E-state index contributed by atoms with van der Waals surface area (Å²) >= 11 is 6.03. The van der Waals surface area contributed by atoms with Crippen molar-refractivity contribution in [1.82, 2.24) is 10.2 Å². The van der Waals surface area contributed by atoms with Gasteiger partial charge in [0, 0.05) is 38.4 Å². The highest BCUT2D eigenvalue weighted by atomic mass is 35.5. The van der Waals surface area contributed by atoms with Crippen LogP contribution in [0, 0.1) is 5.92 Å². The van der Waals surface area contributed by atoms with E-state index in [2.05, 4.69) is 30.3 Å². The highest BCUT2D eigenvalue weighted by molar-refractivity contribution is 6.30. The summed E-state index contributed by atoms with van der Waals surface area (Å²) in [7, 11) is 2.11. The van der Waals surface area contributed by atoms with Gasteiger partial charge in [-0.15, -0.1) is 0 Å². The molecule has 1 aliphatic rings. The number of benzene rings is 1. The number of nitrogens with zero attached hydrogens (tertiary/aromatic N) is 2. The molecule has 0 saturated carbocycles. The minimum absolute atomic E-state index is 0.643. The molecular formula is C18H28ClN3O. The molecule has 2 rings (SSSR count). The normalized spacial score (nSPS) is 16.4. The van der Waals surface area contributed by atoms with Crippen molar-refractivity contribution in [2.75, 3.05) is 33.4 Å². The molecule has 0 aromatic heterocycles. The first-order chi connectivity index (χ1) is 11.2. The van der Waals surface area contributed by atoms with Crippen molar-refractivity contribution in [3.05, 3.63) is 34.9 Å². The standard InChI is InChI=1S/C18H28ClN3O/c1-3-20-18(21-14-16-5-4-6-17(19)13-16)22(2)10-7-15-8-11-23-12-9-15/h4-6,13,15H,3,7-12,14H2,1-2H3,(H,20,21). The van der Waals surface area contributed by atoms with Gasteiger partial charge < -0.3 is 15.0 Å². The fourth-order valence-corrected chi connectivity index (χ4v) is 3.00. The quantitative estimate of drug-likeness (QED) is 0.637. The summed E-state index contributed by atoms with van der Waals surface area (Å²) in [6, 6.07) is 7.88. The molecule has 1 aromatic rings. The van der Waals surface area contributed by atoms with Crippen LogP contribution in [0.4, 0.5) is 0 Å². The summed E-state index contributed by atoms with van der Waals surface area (Å²) in [6.45, 7) is 6.46. The fraction of sp³-hybridized carbons (Fsp3) is 0.611. The van der Waals surface area contributed by atoms with Crippen LogP contribution < -0.4 is 5.32 Å². The summed E-state index contributed by atoms with van der Waals surface area (Å²) in [5.41, 5.74) is 1.13. The molecule has 23 heavy (non-hydrogen) atoms. The summed E-state index contributed by atoms with van der Waals surface area (Å²) in [6.07, 6.45) is 3.56. The van der Waals surface area contributed by atoms with Crippen molar-refractivity contribution in [1.29, 1.82) is 0 Å². The van der Waals surface area contributed by atoms with E-state index in [1.54, 1.807) is 0 Å². The number of aliphatic imine (C=N–C) groups is 1. The Balaban J connectivity index is 1.88. The number of hydrogen-bond acceptors (Lipinski definition) is 2. The maximum Gasteiger partial charge on any atom is 0.193 e. The van der Waals surface area contributed by atoms with Crippen molar-refractivity contribution in [2.24, 2.45) is 10.9 Å². The Bertz CT molecular complexity index is 501. The maximum absolute atomic E-state index is 6.03. The van der Waals surface area contributed by atoms with Crippen LogP contribution in [0.25, 0.3) is 0 Å². The number of ether oxygens (including phenoxy) is 1. The van der Waals surface area contributed by atoms with Crippen molar-refractivity contribution in [2.45, 2.75) is 32.7 Å². The fourth-order valence-electron chi connectivity index (χ4n) is 2.79. The van der Waals surface area contributed by atoms with Crippen LogP contribution >= 0.6 is 11.6 Å². The second-order valence-corrected chi connectivity index (χ2v) is 6.50. The van der Waals surface area contributed by atoms with Crippen LogP contribution in [-0.4, -0.2) is 44.2 Å². The zero-order chi connectivity index (χ0) is 16.5. The summed E-state index contributed by atoms with van der Waals surface area (Å²) < 4.78 is 5.43. The van der Waals surface area contributed by atoms with Gasteiger partial charge in [0.15, 0.2) is 5.96 Å². The van der Waals surface area contributed by atoms with E-state index in [9.17, 15) is 0 Å². The van der Waals surface area contributed by atoms with E-state index in [0.29, 0.717) is 6.54 Å². The highest BCUT2D eigenvalue weighted by Gasteiger charge is 2.15. The molecule has 0 atom stereocenters. The largest absolute Gasteiger partial charge is 0.381 e. The average Bonchev–Trinajstić information content (AvgIpc) is 2.57. The Hall–Kier alpha value is -1.26. The van der Waals surface area contributed by atoms with Gasteiger partial charge in [0.05, 0.1) is 6.54 Å². The van der Waals surface area contributed by atoms with Gasteiger partial charge >= 0.3 is 0 Å². The van der Waals surface area contributed by atoms with Crippen molar-refractivity contribution in [3.63, 3.8) is 0 Å². The lowest BCUT2D eigenvalue weighted by Crippen LogP contribution is -2.40. The first-order valence-electron chi connectivity index (χ1n) is 8.50. The topological polar surface area (TPSA) is 36.9 Å². The number of halogens is 1. The molecule has 1 aliphatic heterocycles. The van der Waals surface area contributed by atoms with Gasteiger partial charge in [-0.3, -0.25) is 0 Å². The van der Waals surface area contributed by atoms with Crippen LogP contribution in [0.2, 0.25) is 5.02 Å². The smallest absolute Gasteiger partial charge is 0.193 e. The Morgan fingerprint density at radius 3 is 2.87 bits per heavy atom. The Labute approximate surface area is 144 Å². The van der Waals surface area contributed by atoms with Crippen molar-refractivity contribution < 1.29 is 4.74 Å². The molecule has 4 nitrogen and oxygen atoms in total. The van der Waals surface area contributed by atoms with E-state index in [-0.39, 0.29) is 0 Å². The molecule has 5 heteroatoms. The molecule has 0 bridgehead atoms. The van der Waals surface area contributed by atoms with Gasteiger partial charge in [-0.05, 0) is 49.8 Å². The van der Waals surface area contributed by atoms with Gasteiger partial charge in [-0.25, -0.2) is 4.99 Å². The van der Waals surface area contributed by atoms with Crippen molar-refractivity contribution >= 4 is 17.6 Å². The molecule has 0 amide bonds. The van der Waals surface area contributed by atoms with Crippen LogP contribution in [0.15, 0.2) is 29.3 Å². The minimum atomic E-state index is 0.643. The molecule has 1 aromatic carbocycles. The number of rotatable bonds is 6. The summed E-state index contributed by atoms with van der Waals surface area (Å²) in [4.78, 5) is 6.96. The number of nitrogens with one attached hydrogen (secondary N) is 1. The first kappa shape index (κ1) is 18.1. The predicted octanol–water partition coefficient (Wildman–Crippen LogP) is 3.55. The van der Waals surface area contributed by atoms with Gasteiger partial charge in [0.1, 0.15) is 0 Å². The molecule has 1 heterocycles. The third-order valence-corrected chi connectivity index (χ3v) is 4.45. The van der Waals surface area contributed by atoms with E-state index in [1.807, 2.05) is 18.2 Å². The second-order valence-electron chi connectivity index (χ2n) is 6.07. The average molecular weight is 338 g/mol. The summed E-state index contributed by atoms with van der Waals surface area (Å²) in [5.74, 6) is 1.74. The zero-order valence-corrected chi connectivity index (χ0v) is 15.0. The first-order valence-corrected chi connectivity index (χ1v) is 8.88. The lowest BCUT2D eigenvalue weighted by molar-refractivity contribution is 0.0625. The number of hydrogen-bond donors (Lipinski definition) is 1. The van der Waals surface area contributed by atoms with Crippen LogP contribution in [0.5, 0.6) is 0 Å². The molecule has 0 unspecified atom stereocenters. The highest BCUT2D eigenvalue weighted by Crippen LogP contribution is 2.18. The maximum atomic E-state index is 6.03. The monoisotopic (exact) mass is 337 g/mol. The third kappa shape index (κ3) is 6.40. The third-order valence-electron chi connectivity index (χ3n) is 4.21. The van der Waals surface area contributed by atoms with Gasteiger partial charge in [0.25, 0.3) is 0 Å².